The first-order valence-corrected chi connectivity index (χ1v) is 9.29. The van der Waals surface area contributed by atoms with Gasteiger partial charge in [0, 0.05) is 12.5 Å². The van der Waals surface area contributed by atoms with Crippen LogP contribution < -0.4 is 5.32 Å². The summed E-state index contributed by atoms with van der Waals surface area (Å²) in [6.45, 7) is 3.44. The molecule has 0 bridgehead atoms. The highest BCUT2D eigenvalue weighted by molar-refractivity contribution is 7.22. The number of nitrogens with zero attached hydrogens (tertiary/aromatic N) is 3. The third-order valence-corrected chi connectivity index (χ3v) is 4.86. The van der Waals surface area contributed by atoms with Gasteiger partial charge in [-0.25, -0.2) is 9.97 Å². The summed E-state index contributed by atoms with van der Waals surface area (Å²) < 4.78 is 6.24. The summed E-state index contributed by atoms with van der Waals surface area (Å²) in [4.78, 5) is 24.2. The smallest absolute Gasteiger partial charge is 0.312 e. The van der Waals surface area contributed by atoms with Gasteiger partial charge in [0.15, 0.2) is 10.8 Å². The Balaban J connectivity index is 1.58. The lowest BCUT2D eigenvalue weighted by molar-refractivity contribution is -0.114. The number of amides is 1. The Hall–Kier alpha value is -3.52. The van der Waals surface area contributed by atoms with Gasteiger partial charge in [-0.05, 0) is 37.3 Å². The molecule has 8 heteroatoms. The van der Waals surface area contributed by atoms with Crippen LogP contribution in [0.25, 0.3) is 21.7 Å². The molecule has 2 aromatic carbocycles. The van der Waals surface area contributed by atoms with Crippen molar-refractivity contribution in [2.24, 2.45) is 4.99 Å². The molecule has 0 aliphatic heterocycles. The maximum Gasteiger partial charge on any atom is 0.312 e. The number of anilines is 1. The first kappa shape index (κ1) is 17.9. The maximum atomic E-state index is 11.2. The molecule has 0 radical (unpaired) electrons. The lowest BCUT2D eigenvalue weighted by atomic mass is 10.1. The predicted octanol–water partition coefficient (Wildman–Crippen LogP) is 4.67. The number of hydrogen-bond acceptors (Lipinski definition) is 7. The molecule has 2 heterocycles. The molecule has 0 unspecified atom stereocenters. The Bertz CT molecular complexity index is 1190. The second-order valence-electron chi connectivity index (χ2n) is 6.19. The van der Waals surface area contributed by atoms with Crippen LogP contribution in [0.1, 0.15) is 18.2 Å². The SMILES string of the molecule is CC(=O)Nc1nc2ccc(N=Cc3nc(-c4ccc(C)cc4)oc3O)cc2s1. The molecule has 140 valence electrons. The highest BCUT2D eigenvalue weighted by Crippen LogP contribution is 2.30. The number of aliphatic imine (C=N–C) groups is 1. The molecule has 4 rings (SSSR count). The molecule has 0 fully saturated rings. The standard InChI is InChI=1S/C20H16N4O3S/c1-11-3-5-13(6-4-11)18-23-16(19(26)27-18)10-21-14-7-8-15-17(9-14)28-20(24-15)22-12(2)25/h3-10,26H,1-2H3,(H,22,24,25). The summed E-state index contributed by atoms with van der Waals surface area (Å²) in [5.74, 6) is -0.119. The lowest BCUT2D eigenvalue weighted by Gasteiger charge is -1.95. The van der Waals surface area contributed by atoms with E-state index in [-0.39, 0.29) is 17.5 Å². The first-order chi connectivity index (χ1) is 13.5. The van der Waals surface area contributed by atoms with E-state index in [4.69, 9.17) is 4.42 Å². The van der Waals surface area contributed by atoms with Gasteiger partial charge in [0.2, 0.25) is 11.8 Å². The summed E-state index contributed by atoms with van der Waals surface area (Å²) >= 11 is 1.37. The molecule has 0 aliphatic carbocycles. The molecule has 1 amide bonds. The van der Waals surface area contributed by atoms with Crippen molar-refractivity contribution in [3.8, 4) is 17.4 Å². The Morgan fingerprint density at radius 2 is 2.00 bits per heavy atom. The molecule has 28 heavy (non-hydrogen) atoms. The predicted molar refractivity (Wildman–Crippen MR) is 110 cm³/mol. The van der Waals surface area contributed by atoms with Crippen LogP contribution in [0, 0.1) is 6.92 Å². The lowest BCUT2D eigenvalue weighted by Crippen LogP contribution is -2.04. The number of aromatic nitrogens is 2. The summed E-state index contributed by atoms with van der Waals surface area (Å²) in [7, 11) is 0. The summed E-state index contributed by atoms with van der Waals surface area (Å²) in [6, 6.07) is 13.1. The number of carbonyl (C=O) groups is 1. The van der Waals surface area contributed by atoms with Crippen LogP contribution in [0.4, 0.5) is 10.8 Å². The first-order valence-electron chi connectivity index (χ1n) is 8.47. The van der Waals surface area contributed by atoms with Crippen molar-refractivity contribution in [1.29, 1.82) is 0 Å². The maximum absolute atomic E-state index is 11.2. The fourth-order valence-electron chi connectivity index (χ4n) is 2.56. The van der Waals surface area contributed by atoms with Gasteiger partial charge in [-0.2, -0.15) is 0 Å². The normalized spacial score (nSPS) is 11.4. The average molecular weight is 392 g/mol. The number of thiazole rings is 1. The molecule has 0 spiro atoms. The Labute approximate surface area is 164 Å². The second kappa shape index (κ2) is 7.24. The van der Waals surface area contributed by atoms with E-state index in [1.165, 1.54) is 24.5 Å². The van der Waals surface area contributed by atoms with Crippen LogP contribution in [-0.2, 0) is 4.79 Å². The van der Waals surface area contributed by atoms with E-state index in [0.717, 1.165) is 21.3 Å². The van der Waals surface area contributed by atoms with E-state index in [1.807, 2.05) is 43.3 Å². The molecule has 0 aliphatic rings. The van der Waals surface area contributed by atoms with Crippen molar-refractivity contribution in [2.45, 2.75) is 13.8 Å². The fraction of sp³-hybridized carbons (Fsp3) is 0.100. The van der Waals surface area contributed by atoms with Gasteiger partial charge in [-0.15, -0.1) is 0 Å². The number of nitrogens with one attached hydrogen (secondary N) is 1. The van der Waals surface area contributed by atoms with Crippen LogP contribution >= 0.6 is 11.3 Å². The Morgan fingerprint density at radius 3 is 2.75 bits per heavy atom. The minimum atomic E-state index is -0.286. The molecule has 7 nitrogen and oxygen atoms in total. The van der Waals surface area contributed by atoms with Crippen molar-refractivity contribution in [1.82, 2.24) is 9.97 Å². The molecular weight excluding hydrogens is 376 g/mol. The monoisotopic (exact) mass is 392 g/mol. The number of carbonyl (C=O) groups excluding carboxylic acids is 1. The van der Waals surface area contributed by atoms with Gasteiger partial charge < -0.3 is 14.8 Å². The number of rotatable bonds is 4. The van der Waals surface area contributed by atoms with E-state index in [9.17, 15) is 9.90 Å². The molecular formula is C20H16N4O3S. The minimum absolute atomic E-state index is 0.164. The zero-order valence-corrected chi connectivity index (χ0v) is 15.9. The Kier molecular flexibility index (Phi) is 4.62. The molecule has 2 aromatic heterocycles. The molecule has 0 saturated carbocycles. The van der Waals surface area contributed by atoms with Crippen LogP contribution in [0.3, 0.4) is 0 Å². The highest BCUT2D eigenvalue weighted by atomic mass is 32.1. The Morgan fingerprint density at radius 1 is 1.21 bits per heavy atom. The zero-order chi connectivity index (χ0) is 19.7. The number of aromatic hydroxyl groups is 1. The number of benzene rings is 2. The van der Waals surface area contributed by atoms with Crippen molar-refractivity contribution >= 4 is 44.5 Å². The minimum Gasteiger partial charge on any atom is -0.479 e. The van der Waals surface area contributed by atoms with E-state index in [2.05, 4.69) is 20.3 Å². The van der Waals surface area contributed by atoms with Gasteiger partial charge in [0.25, 0.3) is 0 Å². The van der Waals surface area contributed by atoms with Crippen LogP contribution in [0.5, 0.6) is 5.95 Å². The van der Waals surface area contributed by atoms with Crippen molar-refractivity contribution in [2.75, 3.05) is 5.32 Å². The molecule has 0 saturated heterocycles. The quantitative estimate of drug-likeness (QED) is 0.491. The summed E-state index contributed by atoms with van der Waals surface area (Å²) in [6.07, 6.45) is 1.45. The van der Waals surface area contributed by atoms with Crippen LogP contribution in [-0.4, -0.2) is 27.2 Å². The van der Waals surface area contributed by atoms with Gasteiger partial charge in [0.1, 0.15) is 0 Å². The summed E-state index contributed by atoms with van der Waals surface area (Å²) in [5, 5.41) is 13.2. The number of fused-ring (bicyclic) bond motifs is 1. The molecule has 2 N–H and O–H groups in total. The number of hydrogen-bond donors (Lipinski definition) is 2. The molecule has 0 atom stereocenters. The van der Waals surface area contributed by atoms with Crippen LogP contribution in [0.15, 0.2) is 51.9 Å². The van der Waals surface area contributed by atoms with E-state index < -0.39 is 0 Å². The average Bonchev–Trinajstić information content (AvgIpc) is 3.22. The van der Waals surface area contributed by atoms with E-state index in [0.29, 0.717) is 16.7 Å². The zero-order valence-electron chi connectivity index (χ0n) is 15.1. The van der Waals surface area contributed by atoms with Crippen LogP contribution in [0.2, 0.25) is 0 Å². The summed E-state index contributed by atoms with van der Waals surface area (Å²) in [5.41, 5.74) is 3.60. The van der Waals surface area contributed by atoms with Crippen molar-refractivity contribution in [3.05, 3.63) is 53.7 Å². The van der Waals surface area contributed by atoms with Crippen molar-refractivity contribution in [3.63, 3.8) is 0 Å². The van der Waals surface area contributed by atoms with E-state index >= 15 is 0 Å². The van der Waals surface area contributed by atoms with Gasteiger partial charge in [-0.1, -0.05) is 29.0 Å². The second-order valence-corrected chi connectivity index (χ2v) is 7.22. The third-order valence-electron chi connectivity index (χ3n) is 3.92. The fourth-order valence-corrected chi connectivity index (χ4v) is 3.51. The topological polar surface area (TPSA) is 101 Å². The number of oxazole rings is 1. The van der Waals surface area contributed by atoms with Gasteiger partial charge in [0.05, 0.1) is 22.1 Å². The number of aryl methyl sites for hydroxylation is 1. The van der Waals surface area contributed by atoms with Gasteiger partial charge >= 0.3 is 5.95 Å². The third kappa shape index (κ3) is 3.77. The highest BCUT2D eigenvalue weighted by Gasteiger charge is 2.12. The largest absolute Gasteiger partial charge is 0.479 e. The van der Waals surface area contributed by atoms with Crippen molar-refractivity contribution < 1.29 is 14.3 Å². The van der Waals surface area contributed by atoms with Gasteiger partial charge in [-0.3, -0.25) is 9.79 Å². The van der Waals surface area contributed by atoms with E-state index in [1.54, 1.807) is 6.07 Å². The molecule has 4 aromatic rings.